The maximum atomic E-state index is 13.6. The topological polar surface area (TPSA) is 126 Å². The van der Waals surface area contributed by atoms with Crippen LogP contribution in [-0.2, 0) is 36.8 Å². The van der Waals surface area contributed by atoms with Crippen LogP contribution in [0, 0.1) is 11.7 Å². The van der Waals surface area contributed by atoms with Crippen LogP contribution in [0.3, 0.4) is 0 Å². The van der Waals surface area contributed by atoms with Gasteiger partial charge in [0.2, 0.25) is 5.91 Å². The molecule has 43 heavy (non-hydrogen) atoms. The van der Waals surface area contributed by atoms with Crippen LogP contribution in [0.5, 0.6) is 5.75 Å². The maximum Gasteiger partial charge on any atom is 0.414 e. The molecule has 0 saturated carbocycles. The number of piperidine rings is 1. The highest BCUT2D eigenvalue weighted by molar-refractivity contribution is 6.27. The zero-order valence-electron chi connectivity index (χ0n) is 25.1. The first kappa shape index (κ1) is 34.0. The molecule has 2 unspecified atom stereocenters. The third-order valence-electron chi connectivity index (χ3n) is 7.21. The third-order valence-corrected chi connectivity index (χ3v) is 7.21. The van der Waals surface area contributed by atoms with Gasteiger partial charge in [-0.1, -0.05) is 38.1 Å². The van der Waals surface area contributed by atoms with Crippen LogP contribution < -0.4 is 4.74 Å². The predicted octanol–water partition coefficient (Wildman–Crippen LogP) is 4.20. The van der Waals surface area contributed by atoms with Gasteiger partial charge in [-0.25, -0.2) is 14.0 Å². The number of amides is 1. The standard InChI is InChI=1S/C30H41FN2O4.C2H2O4/c1-22(2)20-35-28-10-6-24(7-11-28)18-29(34)33(19-25-4-8-26(31)9-5-25)27-12-15-32(16-13-27)17-14-30-36-21-23(3)37-30;3-1(4)2(5)6/h4-11,22-23,27,30H,12-21H2,1-3H3;(H,3,4)(H,5,6). The number of ether oxygens (including phenoxy) is 3. The van der Waals surface area contributed by atoms with Crippen LogP contribution >= 0.6 is 0 Å². The van der Waals surface area contributed by atoms with E-state index in [1.54, 1.807) is 12.1 Å². The second-order valence-corrected chi connectivity index (χ2v) is 11.4. The minimum absolute atomic E-state index is 0.0976. The summed E-state index contributed by atoms with van der Waals surface area (Å²) in [5.74, 6) is -2.53. The number of carboxylic acid groups (broad SMARTS) is 2. The van der Waals surface area contributed by atoms with Crippen molar-refractivity contribution in [2.75, 3.05) is 32.8 Å². The molecule has 2 fully saturated rings. The van der Waals surface area contributed by atoms with Crippen LogP contribution in [0.25, 0.3) is 0 Å². The summed E-state index contributed by atoms with van der Waals surface area (Å²) in [7, 11) is 0. The molecule has 10 nitrogen and oxygen atoms in total. The van der Waals surface area contributed by atoms with E-state index in [1.165, 1.54) is 12.1 Å². The van der Waals surface area contributed by atoms with Gasteiger partial charge in [-0.3, -0.25) is 4.79 Å². The molecule has 2 aliphatic heterocycles. The van der Waals surface area contributed by atoms with Crippen molar-refractivity contribution in [3.63, 3.8) is 0 Å². The number of nitrogens with zero attached hydrogens (tertiary/aromatic N) is 2. The minimum atomic E-state index is -1.82. The van der Waals surface area contributed by atoms with Crippen molar-refractivity contribution in [2.45, 2.75) is 71.4 Å². The highest BCUT2D eigenvalue weighted by Gasteiger charge is 2.29. The summed E-state index contributed by atoms with van der Waals surface area (Å²) in [6.45, 7) is 10.9. The van der Waals surface area contributed by atoms with E-state index in [4.69, 9.17) is 34.0 Å². The third kappa shape index (κ3) is 11.9. The van der Waals surface area contributed by atoms with E-state index in [0.29, 0.717) is 32.1 Å². The van der Waals surface area contributed by atoms with E-state index < -0.39 is 11.9 Å². The Balaban J connectivity index is 0.000000765. The molecule has 2 N–H and O–H groups in total. The number of carbonyl (C=O) groups is 3. The van der Waals surface area contributed by atoms with Gasteiger partial charge in [0.1, 0.15) is 11.6 Å². The van der Waals surface area contributed by atoms with E-state index in [9.17, 15) is 9.18 Å². The van der Waals surface area contributed by atoms with E-state index in [2.05, 4.69) is 18.7 Å². The van der Waals surface area contributed by atoms with Gasteiger partial charge in [0.25, 0.3) is 0 Å². The molecule has 4 rings (SSSR count). The number of halogens is 1. The number of carbonyl (C=O) groups excluding carboxylic acids is 1. The number of hydrogen-bond donors (Lipinski definition) is 2. The molecular weight excluding hydrogens is 559 g/mol. The van der Waals surface area contributed by atoms with Crippen molar-refractivity contribution in [1.82, 2.24) is 9.80 Å². The molecule has 0 bridgehead atoms. The van der Waals surface area contributed by atoms with Crippen molar-refractivity contribution < 1.29 is 43.2 Å². The summed E-state index contributed by atoms with van der Waals surface area (Å²) < 4.78 is 30.7. The fraction of sp³-hybridized carbons (Fsp3) is 0.531. The predicted molar refractivity (Wildman–Crippen MR) is 157 cm³/mol. The van der Waals surface area contributed by atoms with Crippen LogP contribution in [0.2, 0.25) is 0 Å². The molecule has 0 aliphatic carbocycles. The summed E-state index contributed by atoms with van der Waals surface area (Å²) in [5, 5.41) is 14.8. The Labute approximate surface area is 252 Å². The summed E-state index contributed by atoms with van der Waals surface area (Å²) in [6, 6.07) is 14.4. The van der Waals surface area contributed by atoms with Crippen LogP contribution in [0.1, 0.15) is 51.2 Å². The van der Waals surface area contributed by atoms with Crippen LogP contribution in [-0.4, -0.2) is 89.1 Å². The van der Waals surface area contributed by atoms with Crippen molar-refractivity contribution >= 4 is 17.8 Å². The molecule has 11 heteroatoms. The number of hydrogen-bond acceptors (Lipinski definition) is 7. The highest BCUT2D eigenvalue weighted by atomic mass is 19.1. The SMILES string of the molecule is CC(C)COc1ccc(CC(=O)N(Cc2ccc(F)cc2)C2CCN(CCC3OCC(C)O3)CC2)cc1.O=C(O)C(=O)O. The lowest BCUT2D eigenvalue weighted by Crippen LogP contribution is -2.48. The molecule has 2 aromatic rings. The first-order chi connectivity index (χ1) is 20.5. The second kappa shape index (κ2) is 16.9. The molecular formula is C32H43FN2O8. The Morgan fingerprint density at radius 3 is 2.14 bits per heavy atom. The van der Waals surface area contributed by atoms with Crippen LogP contribution in [0.15, 0.2) is 48.5 Å². The maximum absolute atomic E-state index is 13.6. The number of benzene rings is 2. The lowest BCUT2D eigenvalue weighted by Gasteiger charge is -2.39. The van der Waals surface area contributed by atoms with Gasteiger partial charge in [-0.2, -0.15) is 0 Å². The van der Waals surface area contributed by atoms with Crippen molar-refractivity contribution in [3.05, 3.63) is 65.5 Å². The molecule has 0 spiro atoms. The van der Waals surface area contributed by atoms with Gasteiger partial charge in [0.15, 0.2) is 6.29 Å². The zero-order chi connectivity index (χ0) is 31.4. The quantitative estimate of drug-likeness (QED) is 0.364. The molecule has 1 amide bonds. The molecule has 0 radical (unpaired) electrons. The Morgan fingerprint density at radius 2 is 1.60 bits per heavy atom. The molecule has 2 saturated heterocycles. The summed E-state index contributed by atoms with van der Waals surface area (Å²) >= 11 is 0. The Bertz CT molecular complexity index is 1150. The number of carboxylic acids is 2. The fourth-order valence-corrected chi connectivity index (χ4v) is 4.92. The van der Waals surface area contributed by atoms with E-state index in [1.807, 2.05) is 36.1 Å². The Hall–Kier alpha value is -3.54. The molecule has 0 aromatic heterocycles. The van der Waals surface area contributed by atoms with Crippen molar-refractivity contribution in [2.24, 2.45) is 5.92 Å². The lowest BCUT2D eigenvalue weighted by molar-refractivity contribution is -0.159. The van der Waals surface area contributed by atoms with E-state index in [0.717, 1.165) is 55.8 Å². The number of aliphatic carboxylic acids is 2. The summed E-state index contributed by atoms with van der Waals surface area (Å²) in [4.78, 5) is 36.2. The molecule has 2 atom stereocenters. The largest absolute Gasteiger partial charge is 0.493 e. The molecule has 2 aromatic carbocycles. The van der Waals surface area contributed by atoms with Gasteiger partial charge < -0.3 is 34.2 Å². The molecule has 2 heterocycles. The van der Waals surface area contributed by atoms with Gasteiger partial charge in [0.05, 0.1) is 25.7 Å². The lowest BCUT2D eigenvalue weighted by atomic mass is 10.0. The normalized spacial score (nSPS) is 19.0. The van der Waals surface area contributed by atoms with Crippen molar-refractivity contribution in [3.8, 4) is 5.75 Å². The molecule has 236 valence electrons. The van der Waals surface area contributed by atoms with E-state index >= 15 is 0 Å². The second-order valence-electron chi connectivity index (χ2n) is 11.4. The first-order valence-electron chi connectivity index (χ1n) is 14.7. The van der Waals surface area contributed by atoms with Crippen LogP contribution in [0.4, 0.5) is 4.39 Å². The molecule has 2 aliphatic rings. The van der Waals surface area contributed by atoms with Gasteiger partial charge in [0, 0.05) is 38.6 Å². The Morgan fingerprint density at radius 1 is 1.00 bits per heavy atom. The average Bonchev–Trinajstić information content (AvgIpc) is 3.40. The van der Waals surface area contributed by atoms with Gasteiger partial charge in [-0.05, 0) is 61.1 Å². The number of rotatable bonds is 11. The van der Waals surface area contributed by atoms with Gasteiger partial charge >= 0.3 is 11.9 Å². The summed E-state index contributed by atoms with van der Waals surface area (Å²) in [5.41, 5.74) is 1.91. The van der Waals surface area contributed by atoms with E-state index in [-0.39, 0.29) is 30.2 Å². The Kier molecular flexibility index (Phi) is 13.4. The smallest absolute Gasteiger partial charge is 0.414 e. The highest BCUT2D eigenvalue weighted by Crippen LogP contribution is 2.23. The zero-order valence-corrected chi connectivity index (χ0v) is 25.1. The monoisotopic (exact) mass is 602 g/mol. The average molecular weight is 603 g/mol. The summed E-state index contributed by atoms with van der Waals surface area (Å²) in [6.07, 6.45) is 3.09. The number of likely N-dealkylation sites (tertiary alicyclic amines) is 1. The minimum Gasteiger partial charge on any atom is -0.493 e. The fourth-order valence-electron chi connectivity index (χ4n) is 4.92. The first-order valence-corrected chi connectivity index (χ1v) is 14.7. The van der Waals surface area contributed by atoms with Crippen molar-refractivity contribution in [1.29, 1.82) is 0 Å². The van der Waals surface area contributed by atoms with Gasteiger partial charge in [-0.15, -0.1) is 0 Å².